The Hall–Kier alpha value is -1.04. The fraction of sp³-hybridized carbons (Fsp3) is 0.385. The van der Waals surface area contributed by atoms with E-state index in [9.17, 15) is 0 Å². The predicted octanol–water partition coefficient (Wildman–Crippen LogP) is 4.03. The van der Waals surface area contributed by atoms with Gasteiger partial charge in [-0.1, -0.05) is 48.6 Å². The van der Waals surface area contributed by atoms with Crippen molar-refractivity contribution in [2.45, 2.75) is 26.7 Å². The molecule has 13 heavy (non-hydrogen) atoms. The summed E-state index contributed by atoms with van der Waals surface area (Å²) in [6, 6.07) is 0. The lowest BCUT2D eigenvalue weighted by Crippen LogP contribution is -2.02. The molecule has 0 heteroatoms. The fourth-order valence-corrected chi connectivity index (χ4v) is 1.72. The van der Waals surface area contributed by atoms with E-state index in [1.54, 1.807) is 6.08 Å². The predicted molar refractivity (Wildman–Crippen MR) is 59.6 cm³/mol. The summed E-state index contributed by atoms with van der Waals surface area (Å²) < 4.78 is 0. The average molecular weight is 174 g/mol. The number of hydrogen-bond donors (Lipinski definition) is 0. The molecule has 1 aliphatic carbocycles. The van der Waals surface area contributed by atoms with Gasteiger partial charge in [-0.15, -0.1) is 0 Å². The summed E-state index contributed by atoms with van der Waals surface area (Å²) >= 11 is 0. The molecule has 0 aromatic rings. The highest BCUT2D eigenvalue weighted by Gasteiger charge is 2.44. The number of allylic oxidation sites excluding steroid dienone is 6. The molecule has 0 bridgehead atoms. The molecule has 0 radical (unpaired) electrons. The van der Waals surface area contributed by atoms with Crippen LogP contribution in [0.2, 0.25) is 0 Å². The van der Waals surface area contributed by atoms with Crippen LogP contribution >= 0.6 is 0 Å². The molecule has 0 heterocycles. The van der Waals surface area contributed by atoms with Crippen LogP contribution in [0.3, 0.4) is 0 Å². The van der Waals surface area contributed by atoms with E-state index in [0.29, 0.717) is 5.41 Å². The van der Waals surface area contributed by atoms with Crippen molar-refractivity contribution >= 4 is 0 Å². The average Bonchev–Trinajstić information content (AvgIpc) is 2.84. The molecule has 0 nitrogen and oxygen atoms in total. The van der Waals surface area contributed by atoms with Crippen molar-refractivity contribution in [3.05, 3.63) is 48.6 Å². The monoisotopic (exact) mass is 174 g/mol. The molecule has 0 aromatic carbocycles. The van der Waals surface area contributed by atoms with Gasteiger partial charge in [-0.3, -0.25) is 0 Å². The van der Waals surface area contributed by atoms with Gasteiger partial charge in [-0.05, 0) is 26.7 Å². The second kappa shape index (κ2) is 3.78. The molecule has 0 aliphatic heterocycles. The van der Waals surface area contributed by atoms with Crippen molar-refractivity contribution in [3.8, 4) is 0 Å². The van der Waals surface area contributed by atoms with Crippen molar-refractivity contribution in [3.63, 3.8) is 0 Å². The summed E-state index contributed by atoms with van der Waals surface area (Å²) in [6.45, 7) is 12.0. The summed E-state index contributed by atoms with van der Waals surface area (Å²) in [4.78, 5) is 0. The van der Waals surface area contributed by atoms with Crippen LogP contribution in [0.15, 0.2) is 48.6 Å². The molecule has 1 aliphatic rings. The molecule has 0 atom stereocenters. The second-order valence-electron chi connectivity index (χ2n) is 3.83. The van der Waals surface area contributed by atoms with Gasteiger partial charge in [0.2, 0.25) is 0 Å². The Kier molecular flexibility index (Phi) is 2.92. The molecule has 0 amide bonds. The largest absolute Gasteiger partial charge is 0.0993 e. The molecule has 0 spiro atoms. The van der Waals surface area contributed by atoms with Gasteiger partial charge in [-0.2, -0.15) is 0 Å². The standard InChI is InChI=1S/C13H18/c1-5-6-7-8-12(4)13(9-10-13)11(2)3/h5-8H,1-2,9-10H2,3-4H3/b7-6-,12-8+. The van der Waals surface area contributed by atoms with Crippen LogP contribution in [-0.4, -0.2) is 0 Å². The van der Waals surface area contributed by atoms with Gasteiger partial charge in [0.05, 0.1) is 0 Å². The van der Waals surface area contributed by atoms with Gasteiger partial charge in [-0.25, -0.2) is 0 Å². The Bertz CT molecular complexity index is 272. The Morgan fingerprint density at radius 3 is 2.23 bits per heavy atom. The first kappa shape index (κ1) is 10.0. The lowest BCUT2D eigenvalue weighted by Gasteiger charge is -2.15. The van der Waals surface area contributed by atoms with E-state index < -0.39 is 0 Å². The second-order valence-corrected chi connectivity index (χ2v) is 3.83. The van der Waals surface area contributed by atoms with Crippen LogP contribution in [0.5, 0.6) is 0 Å². The van der Waals surface area contributed by atoms with Crippen LogP contribution < -0.4 is 0 Å². The van der Waals surface area contributed by atoms with Gasteiger partial charge in [0.25, 0.3) is 0 Å². The van der Waals surface area contributed by atoms with Gasteiger partial charge < -0.3 is 0 Å². The van der Waals surface area contributed by atoms with Crippen molar-refractivity contribution in [1.82, 2.24) is 0 Å². The third-order valence-electron chi connectivity index (χ3n) is 2.92. The smallest absolute Gasteiger partial charge is 0.0116 e. The summed E-state index contributed by atoms with van der Waals surface area (Å²) in [6.07, 6.45) is 10.5. The van der Waals surface area contributed by atoms with Crippen molar-refractivity contribution in [1.29, 1.82) is 0 Å². The SMILES string of the molecule is C=C/C=C\C=C(/C)C1(C(=C)C)CC1. The van der Waals surface area contributed by atoms with E-state index in [4.69, 9.17) is 0 Å². The minimum Gasteiger partial charge on any atom is -0.0993 e. The lowest BCUT2D eigenvalue weighted by molar-refractivity contribution is 0.728. The molecule has 0 N–H and O–H groups in total. The quantitative estimate of drug-likeness (QED) is 0.446. The Labute approximate surface area is 81.4 Å². The number of rotatable bonds is 4. The Balaban J connectivity index is 2.72. The zero-order valence-corrected chi connectivity index (χ0v) is 8.64. The molecule has 1 fully saturated rings. The third-order valence-corrected chi connectivity index (χ3v) is 2.92. The van der Waals surface area contributed by atoms with Crippen LogP contribution in [0.25, 0.3) is 0 Å². The summed E-state index contributed by atoms with van der Waals surface area (Å²) in [5.74, 6) is 0. The van der Waals surface area contributed by atoms with E-state index in [1.165, 1.54) is 24.0 Å². The highest BCUT2D eigenvalue weighted by molar-refractivity contribution is 5.34. The summed E-state index contributed by atoms with van der Waals surface area (Å²) in [5.41, 5.74) is 3.07. The minimum atomic E-state index is 0.339. The molecular formula is C13H18. The van der Waals surface area contributed by atoms with E-state index in [-0.39, 0.29) is 0 Å². The normalized spacial score (nSPS) is 20.3. The van der Waals surface area contributed by atoms with E-state index in [2.05, 4.69) is 33.1 Å². The minimum absolute atomic E-state index is 0.339. The van der Waals surface area contributed by atoms with E-state index in [1.807, 2.05) is 12.2 Å². The summed E-state index contributed by atoms with van der Waals surface area (Å²) in [5, 5.41) is 0. The van der Waals surface area contributed by atoms with E-state index in [0.717, 1.165) is 0 Å². The zero-order chi connectivity index (χ0) is 9.90. The van der Waals surface area contributed by atoms with Gasteiger partial charge >= 0.3 is 0 Å². The van der Waals surface area contributed by atoms with Crippen LogP contribution in [0.4, 0.5) is 0 Å². The van der Waals surface area contributed by atoms with Crippen molar-refractivity contribution in [2.75, 3.05) is 0 Å². The Morgan fingerprint density at radius 2 is 1.85 bits per heavy atom. The third kappa shape index (κ3) is 2.00. The van der Waals surface area contributed by atoms with E-state index >= 15 is 0 Å². The maximum atomic E-state index is 4.05. The molecule has 0 saturated heterocycles. The molecule has 1 saturated carbocycles. The maximum Gasteiger partial charge on any atom is 0.0116 e. The molecule has 70 valence electrons. The topological polar surface area (TPSA) is 0 Å². The van der Waals surface area contributed by atoms with Crippen molar-refractivity contribution in [2.24, 2.45) is 5.41 Å². The molecule has 1 rings (SSSR count). The Morgan fingerprint density at radius 1 is 1.23 bits per heavy atom. The van der Waals surface area contributed by atoms with Gasteiger partial charge in [0.15, 0.2) is 0 Å². The molecular weight excluding hydrogens is 156 g/mol. The first-order valence-corrected chi connectivity index (χ1v) is 4.76. The number of hydrogen-bond acceptors (Lipinski definition) is 0. The van der Waals surface area contributed by atoms with Gasteiger partial charge in [0.1, 0.15) is 0 Å². The van der Waals surface area contributed by atoms with Crippen LogP contribution in [0.1, 0.15) is 26.7 Å². The first-order chi connectivity index (χ1) is 6.13. The first-order valence-electron chi connectivity index (χ1n) is 4.76. The van der Waals surface area contributed by atoms with Crippen LogP contribution in [-0.2, 0) is 0 Å². The highest BCUT2D eigenvalue weighted by Crippen LogP contribution is 2.56. The summed E-state index contributed by atoms with van der Waals surface area (Å²) in [7, 11) is 0. The lowest BCUT2D eigenvalue weighted by atomic mass is 9.90. The zero-order valence-electron chi connectivity index (χ0n) is 8.64. The highest BCUT2D eigenvalue weighted by atomic mass is 14.5. The fourth-order valence-electron chi connectivity index (χ4n) is 1.72. The molecule has 0 aromatic heterocycles. The van der Waals surface area contributed by atoms with Crippen molar-refractivity contribution < 1.29 is 0 Å². The van der Waals surface area contributed by atoms with Crippen LogP contribution in [0, 0.1) is 5.41 Å². The molecule has 0 unspecified atom stereocenters. The van der Waals surface area contributed by atoms with Gasteiger partial charge in [0, 0.05) is 5.41 Å². The maximum absolute atomic E-state index is 4.05.